The summed E-state index contributed by atoms with van der Waals surface area (Å²) in [6, 6.07) is 1.93. The molecule has 0 radical (unpaired) electrons. The third-order valence-corrected chi connectivity index (χ3v) is 5.66. The predicted octanol–water partition coefficient (Wildman–Crippen LogP) is 3.39. The minimum Gasteiger partial charge on any atom is -0.489 e. The number of alkyl halides is 3. The first-order chi connectivity index (χ1) is 14.6. The van der Waals surface area contributed by atoms with Gasteiger partial charge in [-0.05, 0) is 38.8 Å². The Morgan fingerprint density at radius 3 is 2.71 bits per heavy atom. The van der Waals surface area contributed by atoms with Gasteiger partial charge in [-0.25, -0.2) is 9.97 Å². The maximum atomic E-state index is 12.6. The van der Waals surface area contributed by atoms with E-state index in [2.05, 4.69) is 25.6 Å². The molecule has 0 bridgehead atoms. The van der Waals surface area contributed by atoms with Crippen LogP contribution in [0.4, 0.5) is 30.6 Å². The van der Waals surface area contributed by atoms with Crippen molar-refractivity contribution in [1.29, 1.82) is 0 Å². The number of hydrogen-bond acceptors (Lipinski definition) is 7. The van der Waals surface area contributed by atoms with Gasteiger partial charge in [0.05, 0.1) is 11.9 Å². The molecule has 2 aromatic heterocycles. The van der Waals surface area contributed by atoms with Crippen LogP contribution in [0.5, 0.6) is 5.75 Å². The van der Waals surface area contributed by atoms with Crippen molar-refractivity contribution < 1.29 is 22.7 Å². The van der Waals surface area contributed by atoms with Gasteiger partial charge in [0.2, 0.25) is 11.9 Å². The Kier molecular flexibility index (Phi) is 5.36. The monoisotopic (exact) mass is 436 g/mol. The van der Waals surface area contributed by atoms with Gasteiger partial charge in [-0.2, -0.15) is 18.2 Å². The molecule has 0 saturated heterocycles. The molecule has 3 heterocycles. The lowest BCUT2D eigenvalue weighted by Gasteiger charge is -2.32. The second-order valence-electron chi connectivity index (χ2n) is 7.88. The van der Waals surface area contributed by atoms with Gasteiger partial charge in [0, 0.05) is 19.5 Å². The molecular formula is C20H23F3N6O2. The number of likely N-dealkylation sites (N-methyl/N-ethyl adjacent to an activating group) is 1. The summed E-state index contributed by atoms with van der Waals surface area (Å²) < 4.78 is 43.7. The number of aromatic nitrogens is 3. The third-order valence-electron chi connectivity index (χ3n) is 5.66. The first-order valence-corrected chi connectivity index (χ1v) is 10.0. The van der Waals surface area contributed by atoms with E-state index in [9.17, 15) is 18.0 Å². The van der Waals surface area contributed by atoms with Gasteiger partial charge < -0.3 is 20.3 Å². The number of halogens is 3. The van der Waals surface area contributed by atoms with Crippen LogP contribution in [-0.2, 0) is 11.0 Å². The molecule has 2 aliphatic rings. The first-order valence-electron chi connectivity index (χ1n) is 10.0. The highest BCUT2D eigenvalue weighted by Crippen LogP contribution is 2.34. The molecule has 1 aliphatic carbocycles. The van der Waals surface area contributed by atoms with Crippen molar-refractivity contribution in [2.75, 3.05) is 22.6 Å². The highest BCUT2D eigenvalue weighted by Gasteiger charge is 2.33. The van der Waals surface area contributed by atoms with E-state index in [0.29, 0.717) is 35.3 Å². The minimum absolute atomic E-state index is 0.0609. The number of carbonyl (C=O) groups is 1. The summed E-state index contributed by atoms with van der Waals surface area (Å²) in [4.78, 5) is 26.3. The lowest BCUT2D eigenvalue weighted by molar-refractivity contribution is -0.141. The van der Waals surface area contributed by atoms with E-state index in [1.165, 1.54) is 6.07 Å². The summed E-state index contributed by atoms with van der Waals surface area (Å²) >= 11 is 0. The van der Waals surface area contributed by atoms with Crippen molar-refractivity contribution >= 4 is 23.4 Å². The number of ether oxygens (including phenoxy) is 1. The Morgan fingerprint density at radius 2 is 2.03 bits per heavy atom. The lowest BCUT2D eigenvalue weighted by Crippen LogP contribution is -2.45. The van der Waals surface area contributed by atoms with Crippen molar-refractivity contribution in [2.24, 2.45) is 0 Å². The molecule has 2 N–H and O–H groups in total. The molecule has 3 atom stereocenters. The van der Waals surface area contributed by atoms with Crippen molar-refractivity contribution in [2.45, 2.75) is 57.5 Å². The highest BCUT2D eigenvalue weighted by molar-refractivity contribution is 6.03. The Morgan fingerprint density at radius 1 is 1.26 bits per heavy atom. The molecule has 0 aromatic carbocycles. The minimum atomic E-state index is -4.47. The summed E-state index contributed by atoms with van der Waals surface area (Å²) in [7, 11) is 1.82. The van der Waals surface area contributed by atoms with Gasteiger partial charge in [0.1, 0.15) is 29.3 Å². The van der Waals surface area contributed by atoms with Gasteiger partial charge >= 0.3 is 6.18 Å². The molecule has 2 aromatic rings. The van der Waals surface area contributed by atoms with E-state index < -0.39 is 11.9 Å². The van der Waals surface area contributed by atoms with Crippen LogP contribution in [0.25, 0.3) is 0 Å². The summed E-state index contributed by atoms with van der Waals surface area (Å²) in [5.41, 5.74) is 0.334. The Bertz CT molecular complexity index is 982. The van der Waals surface area contributed by atoms with Crippen LogP contribution in [0, 0.1) is 6.92 Å². The van der Waals surface area contributed by atoms with Crippen LogP contribution >= 0.6 is 0 Å². The van der Waals surface area contributed by atoms with Crippen molar-refractivity contribution in [3.63, 3.8) is 0 Å². The van der Waals surface area contributed by atoms with Gasteiger partial charge in [0.15, 0.2) is 5.82 Å². The maximum absolute atomic E-state index is 12.6. The van der Waals surface area contributed by atoms with Crippen LogP contribution in [-0.4, -0.2) is 46.1 Å². The first kappa shape index (κ1) is 21.1. The van der Waals surface area contributed by atoms with E-state index in [1.54, 1.807) is 6.92 Å². The molecule has 31 heavy (non-hydrogen) atoms. The number of fused-ring (bicyclic) bond motifs is 1. The number of pyridine rings is 1. The average Bonchev–Trinajstić information content (AvgIpc) is 3.14. The van der Waals surface area contributed by atoms with Gasteiger partial charge in [-0.1, -0.05) is 0 Å². The van der Waals surface area contributed by atoms with Gasteiger partial charge in [-0.15, -0.1) is 0 Å². The largest absolute Gasteiger partial charge is 0.489 e. The van der Waals surface area contributed by atoms with Crippen LogP contribution in [0.2, 0.25) is 0 Å². The number of amides is 1. The summed E-state index contributed by atoms with van der Waals surface area (Å²) in [6.07, 6.45) is -1.30. The zero-order valence-corrected chi connectivity index (χ0v) is 17.3. The van der Waals surface area contributed by atoms with E-state index >= 15 is 0 Å². The van der Waals surface area contributed by atoms with Crippen LogP contribution in [0.15, 0.2) is 18.3 Å². The normalized spacial score (nSPS) is 23.4. The van der Waals surface area contributed by atoms with Crippen molar-refractivity contribution in [3.05, 3.63) is 29.7 Å². The number of nitrogens with one attached hydrogen (secondary N) is 2. The second-order valence-corrected chi connectivity index (χ2v) is 7.88. The number of anilines is 3. The highest BCUT2D eigenvalue weighted by atomic mass is 19.4. The van der Waals surface area contributed by atoms with Crippen LogP contribution < -0.4 is 20.3 Å². The fourth-order valence-corrected chi connectivity index (χ4v) is 3.78. The number of rotatable bonds is 4. The van der Waals surface area contributed by atoms with Gasteiger partial charge in [-0.3, -0.25) is 4.79 Å². The zero-order valence-electron chi connectivity index (χ0n) is 17.3. The molecule has 4 rings (SSSR count). The Hall–Kier alpha value is -3.11. The Labute approximate surface area is 177 Å². The molecule has 0 unspecified atom stereocenters. The standard InChI is InChI=1S/C20H23F3N6O2/c1-10-16-17(29(3)11(2)18(30)27-16)28-19(25-10)26-12-4-5-13(8-12)31-14-6-7-15(24-9-14)20(21,22)23/h6-7,9,11-13H,4-5,8H2,1-3H3,(H,27,30)(H,25,26,28)/t11-,12+,13+/m0/s1. The maximum Gasteiger partial charge on any atom is 0.433 e. The molecule has 166 valence electrons. The van der Waals surface area contributed by atoms with Gasteiger partial charge in [0.25, 0.3) is 0 Å². The van der Waals surface area contributed by atoms with Crippen molar-refractivity contribution in [3.8, 4) is 5.75 Å². The molecule has 1 aliphatic heterocycles. The molecule has 8 nitrogen and oxygen atoms in total. The van der Waals surface area contributed by atoms with E-state index in [1.807, 2.05) is 18.9 Å². The smallest absolute Gasteiger partial charge is 0.433 e. The fraction of sp³-hybridized carbons (Fsp3) is 0.500. The molecule has 11 heteroatoms. The van der Waals surface area contributed by atoms with E-state index in [4.69, 9.17) is 4.74 Å². The van der Waals surface area contributed by atoms with Crippen LogP contribution in [0.3, 0.4) is 0 Å². The predicted molar refractivity (Wildman–Crippen MR) is 108 cm³/mol. The molecule has 1 fully saturated rings. The molecule has 1 amide bonds. The topological polar surface area (TPSA) is 92.3 Å². The second kappa shape index (κ2) is 7.86. The van der Waals surface area contributed by atoms with E-state index in [-0.39, 0.29) is 24.1 Å². The van der Waals surface area contributed by atoms with Crippen molar-refractivity contribution in [1.82, 2.24) is 15.0 Å². The number of nitrogens with zero attached hydrogens (tertiary/aromatic N) is 4. The average molecular weight is 436 g/mol. The fourth-order valence-electron chi connectivity index (χ4n) is 3.78. The SMILES string of the molecule is Cc1nc(N[C@@H]2CC[C@@H](Oc3ccc(C(F)(F)F)nc3)C2)nc2c1NC(=O)[C@H](C)N2C. The molecule has 1 saturated carbocycles. The summed E-state index contributed by atoms with van der Waals surface area (Å²) in [5, 5.41) is 6.16. The number of aryl methyl sites for hydroxylation is 1. The summed E-state index contributed by atoms with van der Waals surface area (Å²) in [6.45, 7) is 3.62. The molecular weight excluding hydrogens is 413 g/mol. The Balaban J connectivity index is 1.40. The third kappa shape index (κ3) is 4.35. The quantitative estimate of drug-likeness (QED) is 0.759. The number of carbonyl (C=O) groups excluding carboxylic acids is 1. The van der Waals surface area contributed by atoms with E-state index in [0.717, 1.165) is 25.1 Å². The lowest BCUT2D eigenvalue weighted by atomic mass is 10.2. The zero-order chi connectivity index (χ0) is 22.3. The summed E-state index contributed by atoms with van der Waals surface area (Å²) in [5.74, 6) is 1.33. The number of hydrogen-bond donors (Lipinski definition) is 2. The van der Waals surface area contributed by atoms with Crippen LogP contribution in [0.1, 0.15) is 37.6 Å². The molecule has 0 spiro atoms.